The molecular formula is C19H17F3N6O2. The topological polar surface area (TPSA) is 90.8 Å². The molecule has 3 aromatic heterocycles. The molecule has 11 heteroatoms. The maximum Gasteiger partial charge on any atom is 0.471 e. The van der Waals surface area contributed by atoms with E-state index >= 15 is 0 Å². The van der Waals surface area contributed by atoms with E-state index in [0.717, 1.165) is 16.5 Å². The van der Waals surface area contributed by atoms with Gasteiger partial charge in [-0.25, -0.2) is 0 Å². The third kappa shape index (κ3) is 3.78. The maximum absolute atomic E-state index is 12.7. The second-order valence-electron chi connectivity index (χ2n) is 6.79. The molecule has 1 amide bonds. The zero-order valence-electron chi connectivity index (χ0n) is 16.1. The van der Waals surface area contributed by atoms with Crippen LogP contribution in [0, 0.1) is 6.92 Å². The highest BCUT2D eigenvalue weighted by Crippen LogP contribution is 2.31. The van der Waals surface area contributed by atoms with Crippen molar-refractivity contribution >= 4 is 16.8 Å². The molecule has 0 saturated heterocycles. The molecule has 0 fully saturated rings. The minimum atomic E-state index is -4.69. The monoisotopic (exact) mass is 418 g/mol. The van der Waals surface area contributed by atoms with Gasteiger partial charge in [0.25, 0.3) is 5.91 Å². The number of amides is 1. The summed E-state index contributed by atoms with van der Waals surface area (Å²) in [7, 11) is 1.73. The molecule has 0 radical (unpaired) electrons. The third-order valence-corrected chi connectivity index (χ3v) is 4.59. The summed E-state index contributed by atoms with van der Waals surface area (Å²) in [4.78, 5) is 15.5. The van der Waals surface area contributed by atoms with Crippen molar-refractivity contribution < 1.29 is 22.5 Å². The number of rotatable bonds is 5. The number of nitrogens with zero attached hydrogens (tertiary/aromatic N) is 5. The summed E-state index contributed by atoms with van der Waals surface area (Å²) in [5, 5.41) is 11.1. The zero-order valence-corrected chi connectivity index (χ0v) is 16.1. The van der Waals surface area contributed by atoms with Crippen molar-refractivity contribution in [2.24, 2.45) is 7.05 Å². The molecule has 4 rings (SSSR count). The number of aryl methyl sites for hydroxylation is 2. The highest BCUT2D eigenvalue weighted by atomic mass is 19.4. The summed E-state index contributed by atoms with van der Waals surface area (Å²) in [5.41, 5.74) is 2.57. The van der Waals surface area contributed by atoms with Gasteiger partial charge in [0.05, 0.1) is 0 Å². The van der Waals surface area contributed by atoms with Crippen LogP contribution in [0.25, 0.3) is 22.3 Å². The Morgan fingerprint density at radius 2 is 2.07 bits per heavy atom. The number of aromatic nitrogens is 5. The summed E-state index contributed by atoms with van der Waals surface area (Å²) in [6.07, 6.45) is -1.08. The highest BCUT2D eigenvalue weighted by molar-refractivity contribution is 5.92. The van der Waals surface area contributed by atoms with E-state index in [-0.39, 0.29) is 11.7 Å². The van der Waals surface area contributed by atoms with Crippen molar-refractivity contribution in [1.82, 2.24) is 29.8 Å². The van der Waals surface area contributed by atoms with E-state index in [1.165, 1.54) is 0 Å². The quantitative estimate of drug-likeness (QED) is 0.538. The lowest BCUT2D eigenvalue weighted by Crippen LogP contribution is -2.27. The number of carbonyl (C=O) groups excluding carboxylic acids is 1. The molecule has 0 aliphatic rings. The number of hydrogen-bond acceptors (Lipinski definition) is 5. The second-order valence-corrected chi connectivity index (χ2v) is 6.79. The number of benzene rings is 1. The Balaban J connectivity index is 1.50. The Hall–Kier alpha value is -3.63. The van der Waals surface area contributed by atoms with Crippen LogP contribution < -0.4 is 5.32 Å². The van der Waals surface area contributed by atoms with Crippen molar-refractivity contribution in [3.63, 3.8) is 0 Å². The molecule has 156 valence electrons. The lowest BCUT2D eigenvalue weighted by Gasteiger charge is -2.07. The van der Waals surface area contributed by atoms with Crippen molar-refractivity contribution in [3.8, 4) is 11.4 Å². The fourth-order valence-corrected chi connectivity index (χ4v) is 3.17. The van der Waals surface area contributed by atoms with E-state index in [9.17, 15) is 18.0 Å². The van der Waals surface area contributed by atoms with Gasteiger partial charge in [0.1, 0.15) is 5.69 Å². The molecule has 0 aliphatic heterocycles. The molecule has 0 spiro atoms. The first-order chi connectivity index (χ1) is 14.2. The maximum atomic E-state index is 12.7. The smallest absolute Gasteiger partial charge is 0.349 e. The number of nitrogens with one attached hydrogen (secondary N) is 1. The standard InChI is InChI=1S/C19H17F3N6O2/c1-11-10-28(8-6-23-17(29)14-5-7-27(2)25-14)15-4-3-12(9-13(11)15)16-24-18(30-26-16)19(20,21)22/h3-5,7,9-10H,6,8H2,1-2H3,(H,23,29). The molecule has 30 heavy (non-hydrogen) atoms. The van der Waals surface area contributed by atoms with Crippen LogP contribution in [0.15, 0.2) is 41.2 Å². The molecule has 0 atom stereocenters. The molecule has 4 aromatic rings. The molecule has 0 aliphatic carbocycles. The van der Waals surface area contributed by atoms with Crippen molar-refractivity contribution in [1.29, 1.82) is 0 Å². The predicted octanol–water partition coefficient (Wildman–Crippen LogP) is 3.18. The Kier molecular flexibility index (Phi) is 4.80. The molecule has 0 bridgehead atoms. The van der Waals surface area contributed by atoms with Crippen LogP contribution in [0.2, 0.25) is 0 Å². The van der Waals surface area contributed by atoms with Crippen molar-refractivity contribution in [2.45, 2.75) is 19.6 Å². The SMILES string of the molecule is Cc1cn(CCNC(=O)c2ccn(C)n2)c2ccc(-c3noc(C(F)(F)F)n3)cc12. The average Bonchev–Trinajstić information content (AvgIpc) is 3.41. The molecule has 3 heterocycles. The van der Waals surface area contributed by atoms with Gasteiger partial charge in [-0.15, -0.1) is 0 Å². The summed E-state index contributed by atoms with van der Waals surface area (Å²) in [6.45, 7) is 2.80. The van der Waals surface area contributed by atoms with Gasteiger partial charge in [-0.3, -0.25) is 9.48 Å². The summed E-state index contributed by atoms with van der Waals surface area (Å²) in [5.74, 6) is -1.77. The lowest BCUT2D eigenvalue weighted by atomic mass is 10.1. The van der Waals surface area contributed by atoms with E-state index in [0.29, 0.717) is 24.3 Å². The number of fused-ring (bicyclic) bond motifs is 1. The second kappa shape index (κ2) is 7.32. The molecule has 0 unspecified atom stereocenters. The zero-order chi connectivity index (χ0) is 21.5. The van der Waals surface area contributed by atoms with Crippen LogP contribution in [0.1, 0.15) is 21.9 Å². The van der Waals surface area contributed by atoms with Gasteiger partial charge in [0.15, 0.2) is 0 Å². The normalized spacial score (nSPS) is 11.9. The van der Waals surface area contributed by atoms with Gasteiger partial charge in [0, 0.05) is 49.0 Å². The van der Waals surface area contributed by atoms with Gasteiger partial charge in [-0.05, 0) is 36.8 Å². The van der Waals surface area contributed by atoms with Gasteiger partial charge in [-0.2, -0.15) is 23.3 Å². The molecule has 8 nitrogen and oxygen atoms in total. The Morgan fingerprint density at radius 3 is 2.73 bits per heavy atom. The fraction of sp³-hybridized carbons (Fsp3) is 0.263. The van der Waals surface area contributed by atoms with Crippen LogP contribution in [0.3, 0.4) is 0 Å². The van der Waals surface area contributed by atoms with Crippen molar-refractivity contribution in [2.75, 3.05) is 6.54 Å². The lowest BCUT2D eigenvalue weighted by molar-refractivity contribution is -0.159. The minimum absolute atomic E-state index is 0.126. The first-order valence-corrected chi connectivity index (χ1v) is 9.01. The summed E-state index contributed by atoms with van der Waals surface area (Å²) < 4.78 is 45.9. The van der Waals surface area contributed by atoms with E-state index in [4.69, 9.17) is 0 Å². The van der Waals surface area contributed by atoms with E-state index < -0.39 is 12.1 Å². The Morgan fingerprint density at radius 1 is 1.27 bits per heavy atom. The van der Waals surface area contributed by atoms with Crippen molar-refractivity contribution in [3.05, 3.63) is 53.8 Å². The highest BCUT2D eigenvalue weighted by Gasteiger charge is 2.38. The molecule has 1 N–H and O–H groups in total. The third-order valence-electron chi connectivity index (χ3n) is 4.59. The summed E-state index contributed by atoms with van der Waals surface area (Å²) >= 11 is 0. The molecule has 1 aromatic carbocycles. The Bertz CT molecular complexity index is 1220. The number of alkyl halides is 3. The number of halogens is 3. The largest absolute Gasteiger partial charge is 0.471 e. The van der Waals surface area contributed by atoms with E-state index in [1.54, 1.807) is 42.2 Å². The predicted molar refractivity (Wildman–Crippen MR) is 101 cm³/mol. The number of hydrogen-bond donors (Lipinski definition) is 1. The van der Waals surface area contributed by atoms with Gasteiger partial charge in [-0.1, -0.05) is 5.16 Å². The fourth-order valence-electron chi connectivity index (χ4n) is 3.17. The van der Waals surface area contributed by atoms with Crippen LogP contribution in [0.5, 0.6) is 0 Å². The average molecular weight is 418 g/mol. The Labute approximate surface area is 168 Å². The molecule has 0 saturated carbocycles. The van der Waals surface area contributed by atoms with Crippen LogP contribution >= 0.6 is 0 Å². The van der Waals surface area contributed by atoms with E-state index in [1.807, 2.05) is 17.7 Å². The van der Waals surface area contributed by atoms with Crippen LogP contribution in [-0.4, -0.2) is 36.9 Å². The van der Waals surface area contributed by atoms with Crippen LogP contribution in [0.4, 0.5) is 13.2 Å². The van der Waals surface area contributed by atoms with E-state index in [2.05, 4.69) is 25.1 Å². The first kappa shape index (κ1) is 19.7. The molecular weight excluding hydrogens is 401 g/mol. The number of carbonyl (C=O) groups is 1. The van der Waals surface area contributed by atoms with Gasteiger partial charge >= 0.3 is 12.1 Å². The van der Waals surface area contributed by atoms with Crippen LogP contribution in [-0.2, 0) is 19.8 Å². The minimum Gasteiger partial charge on any atom is -0.349 e. The van der Waals surface area contributed by atoms with Gasteiger partial charge < -0.3 is 14.4 Å². The van der Waals surface area contributed by atoms with Gasteiger partial charge in [0.2, 0.25) is 5.82 Å². The first-order valence-electron chi connectivity index (χ1n) is 9.01. The summed E-state index contributed by atoms with van der Waals surface area (Å²) in [6, 6.07) is 6.77.